The normalized spacial score (nSPS) is 15.9. The first kappa shape index (κ1) is 24.6. The number of piperidine rings is 1. The molecule has 4 rings (SSSR count). The number of hydrogen-bond donors (Lipinski definition) is 1. The third kappa shape index (κ3) is 5.27. The van der Waals surface area contributed by atoms with Gasteiger partial charge in [0.2, 0.25) is 5.88 Å². The Hall–Kier alpha value is -4.48. The van der Waals surface area contributed by atoms with Crippen LogP contribution in [0.2, 0.25) is 0 Å². The number of ether oxygens (including phenoxy) is 2. The molecule has 2 N–H and O–H groups in total. The molecule has 0 bridgehead atoms. The Bertz CT molecular complexity index is 1340. The van der Waals surface area contributed by atoms with E-state index in [4.69, 9.17) is 25.6 Å². The average Bonchev–Trinajstić information content (AvgIpc) is 3.33. The molecule has 0 aromatic carbocycles. The number of methoxy groups -OCH3 is 1. The second-order valence-corrected chi connectivity index (χ2v) is 8.36. The van der Waals surface area contributed by atoms with Gasteiger partial charge in [0.1, 0.15) is 23.1 Å². The van der Waals surface area contributed by atoms with Crippen molar-refractivity contribution in [2.45, 2.75) is 31.9 Å². The lowest BCUT2D eigenvalue weighted by Gasteiger charge is -2.26. The molecule has 11 heteroatoms. The van der Waals surface area contributed by atoms with Gasteiger partial charge in [0, 0.05) is 38.0 Å². The molecule has 11 nitrogen and oxygen atoms in total. The first-order chi connectivity index (χ1) is 17.6. The van der Waals surface area contributed by atoms with Crippen molar-refractivity contribution in [2.75, 3.05) is 26.8 Å². The first-order valence-electron chi connectivity index (χ1n) is 11.5. The van der Waals surface area contributed by atoms with Crippen LogP contribution >= 0.6 is 0 Å². The van der Waals surface area contributed by atoms with Gasteiger partial charge >= 0.3 is 0 Å². The summed E-state index contributed by atoms with van der Waals surface area (Å²) in [6.45, 7) is 3.47. The summed E-state index contributed by atoms with van der Waals surface area (Å²) in [4.78, 5) is 15.4. The van der Waals surface area contributed by atoms with Crippen LogP contribution in [0.4, 0.5) is 0 Å². The van der Waals surface area contributed by atoms with Crippen molar-refractivity contribution in [1.82, 2.24) is 19.3 Å². The van der Waals surface area contributed by atoms with E-state index in [2.05, 4.69) is 27.3 Å². The minimum atomic E-state index is -0.526. The molecular formula is C25H27N9O2. The third-order valence-corrected chi connectivity index (χ3v) is 6.01. The van der Waals surface area contributed by atoms with E-state index in [0.717, 1.165) is 12.8 Å². The lowest BCUT2D eigenvalue weighted by Crippen LogP contribution is -2.32. The zero-order chi connectivity index (χ0) is 25.5. The highest BCUT2D eigenvalue weighted by molar-refractivity contribution is 6.47. The number of nitrogens with zero attached hydrogens (tertiary/aromatic N) is 8. The van der Waals surface area contributed by atoms with Crippen LogP contribution in [-0.2, 0) is 4.74 Å². The molecule has 0 spiro atoms. The Morgan fingerprint density at radius 3 is 2.69 bits per heavy atom. The largest absolute Gasteiger partial charge is 0.466 e. The van der Waals surface area contributed by atoms with E-state index < -0.39 is 6.10 Å². The Kier molecular flexibility index (Phi) is 7.73. The maximum absolute atomic E-state index is 9.65. The standard InChI is InChI=1S/C25H27N9O2/c1-17(31-19-6-9-33(16-27)10-7-19)25(32-28)18-11-23-30-14-20(13-26)34(23)24(12-18)36-22(15-35-2)21-5-3-4-8-29-21/h3-5,8,11-12,14,19,22H,6-7,9-10,15,28H2,1-2H3/b31-17?,32-25+. The van der Waals surface area contributed by atoms with Gasteiger partial charge < -0.3 is 20.2 Å². The van der Waals surface area contributed by atoms with E-state index in [1.807, 2.05) is 25.1 Å². The topological polar surface area (TPSA) is 150 Å². The summed E-state index contributed by atoms with van der Waals surface area (Å²) in [6.07, 6.45) is 6.40. The van der Waals surface area contributed by atoms with Crippen LogP contribution in [0.25, 0.3) is 5.65 Å². The zero-order valence-corrected chi connectivity index (χ0v) is 20.2. The van der Waals surface area contributed by atoms with Crippen molar-refractivity contribution in [3.05, 3.63) is 59.7 Å². The van der Waals surface area contributed by atoms with Gasteiger partial charge in [0.05, 0.1) is 30.3 Å². The molecule has 36 heavy (non-hydrogen) atoms. The highest BCUT2D eigenvalue weighted by atomic mass is 16.5. The van der Waals surface area contributed by atoms with Crippen molar-refractivity contribution >= 4 is 17.1 Å². The number of imidazole rings is 1. The fourth-order valence-electron chi connectivity index (χ4n) is 4.23. The molecule has 0 saturated carbocycles. The number of likely N-dealkylation sites (tertiary alicyclic amines) is 1. The van der Waals surface area contributed by atoms with Crippen LogP contribution in [0.3, 0.4) is 0 Å². The summed E-state index contributed by atoms with van der Waals surface area (Å²) >= 11 is 0. The number of hydrazone groups is 1. The zero-order valence-electron chi connectivity index (χ0n) is 20.2. The van der Waals surface area contributed by atoms with Crippen LogP contribution in [0, 0.1) is 22.8 Å². The SMILES string of the molecule is COCC(Oc1cc(/C(=N/N)C(C)=NC2CCN(C#N)CC2)cc2ncc(C#N)n12)c1ccccn1. The minimum absolute atomic E-state index is 0.0812. The van der Waals surface area contributed by atoms with E-state index >= 15 is 0 Å². The second kappa shape index (κ2) is 11.3. The van der Waals surface area contributed by atoms with Gasteiger partial charge in [-0.3, -0.25) is 14.4 Å². The van der Waals surface area contributed by atoms with E-state index in [1.165, 1.54) is 6.20 Å². The van der Waals surface area contributed by atoms with E-state index in [9.17, 15) is 5.26 Å². The minimum Gasteiger partial charge on any atom is -0.466 e. The van der Waals surface area contributed by atoms with Crippen molar-refractivity contribution in [2.24, 2.45) is 15.9 Å². The maximum Gasteiger partial charge on any atom is 0.201 e. The smallest absolute Gasteiger partial charge is 0.201 e. The maximum atomic E-state index is 9.65. The second-order valence-electron chi connectivity index (χ2n) is 8.36. The summed E-state index contributed by atoms with van der Waals surface area (Å²) in [5.74, 6) is 6.20. The van der Waals surface area contributed by atoms with Gasteiger partial charge in [-0.15, -0.1) is 0 Å². The van der Waals surface area contributed by atoms with Crippen LogP contribution in [-0.4, -0.2) is 63.5 Å². The number of nitrogens with two attached hydrogens (primary N) is 1. The average molecular weight is 486 g/mol. The molecular weight excluding hydrogens is 458 g/mol. The number of aliphatic imine (C=N–C) groups is 1. The fraction of sp³-hybridized carbons (Fsp3) is 0.360. The summed E-state index contributed by atoms with van der Waals surface area (Å²) in [6, 6.07) is 11.3. The van der Waals surface area contributed by atoms with Crippen molar-refractivity contribution in [3.8, 4) is 18.1 Å². The van der Waals surface area contributed by atoms with Gasteiger partial charge in [0.25, 0.3) is 0 Å². The molecule has 0 aliphatic carbocycles. The predicted molar refractivity (Wildman–Crippen MR) is 133 cm³/mol. The monoisotopic (exact) mass is 485 g/mol. The number of rotatable bonds is 8. The molecule has 184 valence electrons. The summed E-state index contributed by atoms with van der Waals surface area (Å²) in [5.41, 5.74) is 3.34. The molecule has 1 aliphatic rings. The van der Waals surface area contributed by atoms with Gasteiger partial charge in [-0.2, -0.15) is 15.6 Å². The fourth-order valence-corrected chi connectivity index (χ4v) is 4.23. The molecule has 1 fully saturated rings. The van der Waals surface area contributed by atoms with E-state index in [1.54, 1.807) is 34.7 Å². The molecule has 4 heterocycles. The van der Waals surface area contributed by atoms with Gasteiger partial charge in [-0.05, 0) is 38.0 Å². The molecule has 1 aliphatic heterocycles. The Morgan fingerprint density at radius 2 is 2.06 bits per heavy atom. The lowest BCUT2D eigenvalue weighted by molar-refractivity contribution is 0.0743. The molecule has 1 atom stereocenters. The Balaban J connectivity index is 1.71. The highest BCUT2D eigenvalue weighted by Gasteiger charge is 2.22. The summed E-state index contributed by atoms with van der Waals surface area (Å²) in [7, 11) is 1.59. The molecule has 0 radical (unpaired) electrons. The molecule has 1 saturated heterocycles. The van der Waals surface area contributed by atoms with Gasteiger partial charge in [-0.25, -0.2) is 4.98 Å². The summed E-state index contributed by atoms with van der Waals surface area (Å²) < 4.78 is 13.4. The van der Waals surface area contributed by atoms with Gasteiger partial charge in [-0.1, -0.05) is 6.07 Å². The first-order valence-corrected chi connectivity index (χ1v) is 11.5. The number of aromatic nitrogens is 3. The Labute approximate surface area is 209 Å². The number of nitriles is 2. The van der Waals surface area contributed by atoms with E-state index in [0.29, 0.717) is 53.0 Å². The van der Waals surface area contributed by atoms with Crippen molar-refractivity contribution in [1.29, 1.82) is 10.5 Å². The predicted octanol–water partition coefficient (Wildman–Crippen LogP) is 2.44. The molecule has 1 unspecified atom stereocenters. The summed E-state index contributed by atoms with van der Waals surface area (Å²) in [5, 5.41) is 22.8. The van der Waals surface area contributed by atoms with Crippen LogP contribution in [0.15, 0.2) is 52.8 Å². The van der Waals surface area contributed by atoms with Crippen LogP contribution < -0.4 is 10.6 Å². The number of fused-ring (bicyclic) bond motifs is 1. The van der Waals surface area contributed by atoms with E-state index in [-0.39, 0.29) is 12.6 Å². The van der Waals surface area contributed by atoms with Crippen molar-refractivity contribution in [3.63, 3.8) is 0 Å². The van der Waals surface area contributed by atoms with Crippen molar-refractivity contribution < 1.29 is 9.47 Å². The quantitative estimate of drug-likeness (QED) is 0.221. The lowest BCUT2D eigenvalue weighted by atomic mass is 10.0. The third-order valence-electron chi connectivity index (χ3n) is 6.01. The highest BCUT2D eigenvalue weighted by Crippen LogP contribution is 2.26. The molecule has 3 aromatic heterocycles. The van der Waals surface area contributed by atoms with Gasteiger partial charge in [0.15, 0.2) is 12.3 Å². The number of hydrogen-bond acceptors (Lipinski definition) is 10. The molecule has 0 amide bonds. The molecule has 3 aromatic rings. The van der Waals surface area contributed by atoms with Crippen LogP contribution in [0.1, 0.15) is 42.8 Å². The van der Waals surface area contributed by atoms with Crippen LogP contribution in [0.5, 0.6) is 5.88 Å². The number of pyridine rings is 2. The Morgan fingerprint density at radius 1 is 1.25 bits per heavy atom.